The molecule has 2 N–H and O–H groups in total. The van der Waals surface area contributed by atoms with Crippen molar-refractivity contribution < 1.29 is 0 Å². The van der Waals surface area contributed by atoms with Crippen LogP contribution < -0.4 is 5.73 Å². The van der Waals surface area contributed by atoms with Crippen molar-refractivity contribution in [3.63, 3.8) is 0 Å². The van der Waals surface area contributed by atoms with Crippen LogP contribution in [0.2, 0.25) is 0 Å². The van der Waals surface area contributed by atoms with E-state index in [-0.39, 0.29) is 12.4 Å². The van der Waals surface area contributed by atoms with Crippen LogP contribution in [0.1, 0.15) is 25.0 Å². The van der Waals surface area contributed by atoms with Gasteiger partial charge in [0.2, 0.25) is 0 Å². The maximum Gasteiger partial charge on any atom is 0.142 e. The third-order valence-corrected chi connectivity index (χ3v) is 4.74. The predicted molar refractivity (Wildman–Crippen MR) is 89.7 cm³/mol. The summed E-state index contributed by atoms with van der Waals surface area (Å²) in [5, 5.41) is 3.15. The average molecular weight is 325 g/mol. The lowest BCUT2D eigenvalue weighted by atomic mass is 10.0. The second-order valence-electron chi connectivity index (χ2n) is 5.21. The minimum absolute atomic E-state index is 0. The molecule has 0 radical (unpaired) electrons. The molecule has 3 heterocycles. The zero-order chi connectivity index (χ0) is 13.8. The molecule has 0 aliphatic carbocycles. The average Bonchev–Trinajstić information content (AvgIpc) is 2.97. The van der Waals surface area contributed by atoms with Crippen molar-refractivity contribution in [3.05, 3.63) is 35.5 Å². The number of rotatable bonds is 4. The summed E-state index contributed by atoms with van der Waals surface area (Å²) in [5.41, 5.74) is 7.97. The van der Waals surface area contributed by atoms with Gasteiger partial charge in [-0.2, -0.15) is 0 Å². The highest BCUT2D eigenvalue weighted by Gasteiger charge is 2.21. The molecule has 114 valence electrons. The smallest absolute Gasteiger partial charge is 0.142 e. The Kier molecular flexibility index (Phi) is 6.11. The normalized spacial score (nSPS) is 19.2. The van der Waals surface area contributed by atoms with E-state index < -0.39 is 0 Å². The minimum atomic E-state index is 0. The van der Waals surface area contributed by atoms with Gasteiger partial charge < -0.3 is 5.73 Å². The molecule has 0 amide bonds. The first-order valence-electron chi connectivity index (χ1n) is 7.17. The molecule has 2 aromatic heterocycles. The van der Waals surface area contributed by atoms with E-state index in [9.17, 15) is 0 Å². The monoisotopic (exact) mass is 324 g/mol. The van der Waals surface area contributed by atoms with Crippen LogP contribution in [0, 0.1) is 0 Å². The number of likely N-dealkylation sites (tertiary alicyclic amines) is 1. The van der Waals surface area contributed by atoms with Crippen molar-refractivity contribution in [1.82, 2.24) is 14.9 Å². The fraction of sp³-hybridized carbons (Fsp3) is 0.467. The van der Waals surface area contributed by atoms with Crippen LogP contribution in [0.5, 0.6) is 0 Å². The Morgan fingerprint density at radius 3 is 3.00 bits per heavy atom. The molecule has 6 heteroatoms. The van der Waals surface area contributed by atoms with Gasteiger partial charge in [-0.1, -0.05) is 12.5 Å². The highest BCUT2D eigenvalue weighted by Crippen LogP contribution is 2.24. The zero-order valence-electron chi connectivity index (χ0n) is 11.9. The van der Waals surface area contributed by atoms with Crippen LogP contribution in [0.15, 0.2) is 29.8 Å². The summed E-state index contributed by atoms with van der Waals surface area (Å²) in [5.74, 6) is 0. The van der Waals surface area contributed by atoms with Crippen LogP contribution in [-0.4, -0.2) is 34.0 Å². The number of pyridine rings is 1. The van der Waals surface area contributed by atoms with Crippen molar-refractivity contribution >= 4 is 23.7 Å². The topological polar surface area (TPSA) is 55.0 Å². The number of aromatic nitrogens is 2. The fourth-order valence-electron chi connectivity index (χ4n) is 2.73. The van der Waals surface area contributed by atoms with Crippen LogP contribution in [0.3, 0.4) is 0 Å². The maximum absolute atomic E-state index is 5.87. The largest absolute Gasteiger partial charge is 0.329 e. The number of halogens is 1. The van der Waals surface area contributed by atoms with E-state index in [0.717, 1.165) is 36.0 Å². The first kappa shape index (κ1) is 16.4. The Balaban J connectivity index is 0.00000161. The SMILES string of the molecule is Cl.NCC1CCCCN1Cc1csc(-c2ccccn2)n1. The molecule has 1 unspecified atom stereocenters. The molecule has 21 heavy (non-hydrogen) atoms. The summed E-state index contributed by atoms with van der Waals surface area (Å²) in [6, 6.07) is 6.45. The van der Waals surface area contributed by atoms with Gasteiger partial charge in [0.25, 0.3) is 0 Å². The lowest BCUT2D eigenvalue weighted by Gasteiger charge is -2.34. The summed E-state index contributed by atoms with van der Waals surface area (Å²) in [7, 11) is 0. The summed E-state index contributed by atoms with van der Waals surface area (Å²) < 4.78 is 0. The summed E-state index contributed by atoms with van der Waals surface area (Å²) in [4.78, 5) is 11.5. The Hall–Kier alpha value is -1.01. The van der Waals surface area contributed by atoms with Crippen molar-refractivity contribution in [2.24, 2.45) is 5.73 Å². The van der Waals surface area contributed by atoms with Gasteiger partial charge in [-0.3, -0.25) is 9.88 Å². The van der Waals surface area contributed by atoms with Crippen molar-refractivity contribution in [2.75, 3.05) is 13.1 Å². The van der Waals surface area contributed by atoms with E-state index in [4.69, 9.17) is 10.7 Å². The first-order chi connectivity index (χ1) is 9.86. The second-order valence-corrected chi connectivity index (χ2v) is 6.07. The third-order valence-electron chi connectivity index (χ3n) is 3.82. The van der Waals surface area contributed by atoms with Crippen molar-refractivity contribution in [1.29, 1.82) is 0 Å². The molecule has 4 nitrogen and oxygen atoms in total. The Labute approximate surface area is 135 Å². The van der Waals surface area contributed by atoms with E-state index in [1.165, 1.54) is 19.3 Å². The van der Waals surface area contributed by atoms with Gasteiger partial charge in [-0.05, 0) is 31.5 Å². The minimum Gasteiger partial charge on any atom is -0.329 e. The van der Waals surface area contributed by atoms with E-state index in [1.54, 1.807) is 11.3 Å². The standard InChI is InChI=1S/C15H20N4S.ClH/c16-9-13-5-2-4-8-19(13)10-12-11-20-15(18-12)14-6-1-3-7-17-14;/h1,3,6-7,11,13H,2,4-5,8-10,16H2;1H. The molecule has 0 bridgehead atoms. The van der Waals surface area contributed by atoms with Gasteiger partial charge in [0.05, 0.1) is 11.4 Å². The Morgan fingerprint density at radius 2 is 2.24 bits per heavy atom. The summed E-state index contributed by atoms with van der Waals surface area (Å²) in [6.45, 7) is 2.79. The molecule has 1 atom stereocenters. The number of nitrogens with two attached hydrogens (primary N) is 1. The number of hydrogen-bond donors (Lipinski definition) is 1. The highest BCUT2D eigenvalue weighted by atomic mass is 35.5. The molecule has 1 saturated heterocycles. The molecular weight excluding hydrogens is 304 g/mol. The number of nitrogens with zero attached hydrogens (tertiary/aromatic N) is 3. The predicted octanol–water partition coefficient (Wildman–Crippen LogP) is 2.94. The molecule has 1 fully saturated rings. The zero-order valence-corrected chi connectivity index (χ0v) is 13.6. The highest BCUT2D eigenvalue weighted by molar-refractivity contribution is 7.13. The molecular formula is C15H21ClN4S. The Morgan fingerprint density at radius 1 is 1.33 bits per heavy atom. The quantitative estimate of drug-likeness (QED) is 0.939. The Bertz CT molecular complexity index is 546. The molecule has 0 saturated carbocycles. The van der Waals surface area contributed by atoms with Crippen LogP contribution >= 0.6 is 23.7 Å². The fourth-order valence-corrected chi connectivity index (χ4v) is 3.52. The third kappa shape index (κ3) is 4.01. The van der Waals surface area contributed by atoms with Gasteiger partial charge in [0.1, 0.15) is 5.01 Å². The van der Waals surface area contributed by atoms with E-state index in [0.29, 0.717) is 6.04 Å². The van der Waals surface area contributed by atoms with E-state index >= 15 is 0 Å². The number of piperidine rings is 1. The van der Waals surface area contributed by atoms with Gasteiger partial charge >= 0.3 is 0 Å². The molecule has 3 rings (SSSR count). The molecule has 0 spiro atoms. The van der Waals surface area contributed by atoms with Crippen LogP contribution in [0.25, 0.3) is 10.7 Å². The number of thiazole rings is 1. The first-order valence-corrected chi connectivity index (χ1v) is 8.04. The van der Waals surface area contributed by atoms with Crippen molar-refractivity contribution in [2.45, 2.75) is 31.8 Å². The van der Waals surface area contributed by atoms with Gasteiger partial charge in [-0.25, -0.2) is 4.98 Å². The van der Waals surface area contributed by atoms with E-state index in [1.807, 2.05) is 24.4 Å². The molecule has 0 aromatic carbocycles. The van der Waals surface area contributed by atoms with Gasteiger partial charge in [0, 0.05) is 30.7 Å². The van der Waals surface area contributed by atoms with Gasteiger partial charge in [0.15, 0.2) is 0 Å². The lowest BCUT2D eigenvalue weighted by molar-refractivity contribution is 0.143. The second kappa shape index (κ2) is 7.84. The lowest BCUT2D eigenvalue weighted by Crippen LogP contribution is -2.43. The molecule has 1 aliphatic heterocycles. The van der Waals surface area contributed by atoms with Gasteiger partial charge in [-0.15, -0.1) is 23.7 Å². The van der Waals surface area contributed by atoms with Crippen molar-refractivity contribution in [3.8, 4) is 10.7 Å². The maximum atomic E-state index is 5.87. The molecule has 1 aliphatic rings. The van der Waals surface area contributed by atoms with E-state index in [2.05, 4.69) is 15.3 Å². The number of hydrogen-bond acceptors (Lipinski definition) is 5. The summed E-state index contributed by atoms with van der Waals surface area (Å²) in [6.07, 6.45) is 5.60. The van der Waals surface area contributed by atoms with Crippen LogP contribution in [-0.2, 0) is 6.54 Å². The summed E-state index contributed by atoms with van der Waals surface area (Å²) >= 11 is 1.67. The molecule has 2 aromatic rings. The van der Waals surface area contributed by atoms with Crippen LogP contribution in [0.4, 0.5) is 0 Å².